The van der Waals surface area contributed by atoms with E-state index in [-0.39, 0.29) is 47.1 Å². The van der Waals surface area contributed by atoms with Gasteiger partial charge in [0.25, 0.3) is 0 Å². The summed E-state index contributed by atoms with van der Waals surface area (Å²) in [4.78, 5) is 0. The Kier molecular flexibility index (Phi) is 9.83. The third kappa shape index (κ3) is 6.82. The Morgan fingerprint density at radius 1 is 1.45 bits per heavy atom. The number of hydrogen-bond donors (Lipinski definition) is 0. The van der Waals surface area contributed by atoms with Crippen LogP contribution in [0.3, 0.4) is 0 Å². The van der Waals surface area contributed by atoms with E-state index in [0.29, 0.717) is 0 Å². The van der Waals surface area contributed by atoms with Crippen molar-refractivity contribution < 1.29 is 38.3 Å². The van der Waals surface area contributed by atoms with Gasteiger partial charge in [0.1, 0.15) is 0 Å². The molecule has 0 heterocycles. The molecule has 0 bridgehead atoms. The molecule has 1 unspecified atom stereocenters. The van der Waals surface area contributed by atoms with Crippen LogP contribution in [0.5, 0.6) is 0 Å². The molecule has 0 aromatic heterocycles. The molecule has 62 valence electrons. The molecule has 0 aromatic carbocycles. The molecule has 0 N–H and O–H groups in total. The van der Waals surface area contributed by atoms with E-state index < -0.39 is 16.5 Å². The Morgan fingerprint density at radius 3 is 1.91 bits per heavy atom. The van der Waals surface area contributed by atoms with Gasteiger partial charge in [-0.3, -0.25) is 4.21 Å². The second-order valence-electron chi connectivity index (χ2n) is 2.53. The average Bonchev–Trinajstić information content (AvgIpc) is 1.87. The first-order chi connectivity index (χ1) is 4.54. The summed E-state index contributed by atoms with van der Waals surface area (Å²) < 4.78 is 20.4. The minimum atomic E-state index is -2.05. The van der Waals surface area contributed by atoms with Crippen LogP contribution in [0, 0.1) is 5.41 Å². The summed E-state index contributed by atoms with van der Waals surface area (Å²) in [6, 6.07) is 0. The Labute approximate surface area is 102 Å². The van der Waals surface area contributed by atoms with Crippen LogP contribution in [0.1, 0.15) is 6.92 Å². The molecule has 1 atom stereocenters. The van der Waals surface area contributed by atoms with E-state index in [1.165, 1.54) is 0 Å². The molecule has 0 aliphatic rings. The van der Waals surface area contributed by atoms with Gasteiger partial charge in [0.05, 0.1) is 0 Å². The van der Waals surface area contributed by atoms with Gasteiger partial charge >= 0.3 is 29.6 Å². The minimum absolute atomic E-state index is 0. The van der Waals surface area contributed by atoms with E-state index in [1.807, 2.05) is 0 Å². The molecule has 0 radical (unpaired) electrons. The van der Waals surface area contributed by atoms with Crippen molar-refractivity contribution in [2.45, 2.75) is 6.92 Å². The van der Waals surface area contributed by atoms with Crippen LogP contribution in [0.25, 0.3) is 0 Å². The van der Waals surface area contributed by atoms with Crippen molar-refractivity contribution in [3.63, 3.8) is 0 Å². The van der Waals surface area contributed by atoms with E-state index >= 15 is 0 Å². The molecule has 0 spiro atoms. The van der Waals surface area contributed by atoms with E-state index in [0.717, 1.165) is 0 Å². The van der Waals surface area contributed by atoms with Crippen molar-refractivity contribution in [1.29, 1.82) is 0 Å². The minimum Gasteiger partial charge on any atom is -0.772 e. The monoisotopic (exact) mass is 226 g/mol. The van der Waals surface area contributed by atoms with Crippen LogP contribution in [0.4, 0.5) is 0 Å². The van der Waals surface area contributed by atoms with Gasteiger partial charge in [-0.1, -0.05) is 18.0 Å². The zero-order chi connectivity index (χ0) is 8.20. The third-order valence-electron chi connectivity index (χ3n) is 1.11. The van der Waals surface area contributed by atoms with Gasteiger partial charge in [-0.15, -0.1) is 23.2 Å². The fourth-order valence-electron chi connectivity index (χ4n) is 0.397. The Bertz CT molecular complexity index is 130. The summed E-state index contributed by atoms with van der Waals surface area (Å²) in [5.41, 5.74) is -0.476. The first kappa shape index (κ1) is 15.2. The second-order valence-corrected chi connectivity index (χ2v) is 3.96. The maximum absolute atomic E-state index is 10.2. The summed E-state index contributed by atoms with van der Waals surface area (Å²) in [5.74, 6) is 0.564. The van der Waals surface area contributed by atoms with Crippen molar-refractivity contribution in [2.24, 2.45) is 5.41 Å². The van der Waals surface area contributed by atoms with E-state index in [1.54, 1.807) is 6.92 Å². The van der Waals surface area contributed by atoms with Gasteiger partial charge in [0.2, 0.25) is 0 Å². The molecule has 2 nitrogen and oxygen atoms in total. The molecular weight excluding hydrogens is 218 g/mol. The van der Waals surface area contributed by atoms with Crippen LogP contribution in [0.15, 0.2) is 0 Å². The maximum Gasteiger partial charge on any atom is 1.00 e. The summed E-state index contributed by atoms with van der Waals surface area (Å²) in [5, 5.41) is 0. The summed E-state index contributed by atoms with van der Waals surface area (Å²) >= 11 is 8.94. The summed E-state index contributed by atoms with van der Waals surface area (Å²) in [6.07, 6.45) is 0. The molecule has 11 heavy (non-hydrogen) atoms. The number of halogens is 2. The van der Waals surface area contributed by atoms with Crippen molar-refractivity contribution in [1.82, 2.24) is 0 Å². The fourth-order valence-corrected chi connectivity index (χ4v) is 1.87. The fraction of sp³-hybridized carbons (Fsp3) is 1.00. The first-order valence-corrected chi connectivity index (χ1v) is 5.03. The first-order valence-electron chi connectivity index (χ1n) is 2.72. The molecule has 0 fully saturated rings. The quantitative estimate of drug-likeness (QED) is 0.328. The van der Waals surface area contributed by atoms with Crippen LogP contribution < -0.4 is 29.6 Å². The normalized spacial score (nSPS) is 13.8. The van der Waals surface area contributed by atoms with Crippen LogP contribution in [-0.4, -0.2) is 26.3 Å². The van der Waals surface area contributed by atoms with E-state index in [4.69, 9.17) is 23.2 Å². The number of alkyl halides is 2. The molecule has 0 amide bonds. The van der Waals surface area contributed by atoms with Crippen molar-refractivity contribution in [3.8, 4) is 0 Å². The Balaban J connectivity index is 0. The zero-order valence-electron chi connectivity index (χ0n) is 6.60. The Hall–Kier alpha value is 1.69. The van der Waals surface area contributed by atoms with Gasteiger partial charge in [-0.05, 0) is 0 Å². The standard InChI is InChI=1S/C5H10Cl2O2S.Na/c1-5(2-6,3-7)4-10(8)9;/h2-4H2,1H3,(H,8,9);/q;+1/p-1. The summed E-state index contributed by atoms with van der Waals surface area (Å²) in [7, 11) is 0. The van der Waals surface area contributed by atoms with Crippen LogP contribution in [-0.2, 0) is 11.1 Å². The zero-order valence-corrected chi connectivity index (χ0v) is 10.9. The average molecular weight is 227 g/mol. The number of hydrogen-bond acceptors (Lipinski definition) is 2. The van der Waals surface area contributed by atoms with Crippen molar-refractivity contribution in [3.05, 3.63) is 0 Å². The second kappa shape index (κ2) is 7.13. The van der Waals surface area contributed by atoms with Crippen LogP contribution >= 0.6 is 23.2 Å². The van der Waals surface area contributed by atoms with Crippen molar-refractivity contribution in [2.75, 3.05) is 17.5 Å². The predicted molar refractivity (Wildman–Crippen MR) is 43.3 cm³/mol. The third-order valence-corrected chi connectivity index (χ3v) is 3.33. The maximum atomic E-state index is 10.2. The molecule has 0 rings (SSSR count). The molecule has 0 aliphatic carbocycles. The van der Waals surface area contributed by atoms with E-state index in [2.05, 4.69) is 0 Å². The molecule has 0 saturated heterocycles. The predicted octanol–water partition coefficient (Wildman–Crippen LogP) is -1.65. The summed E-state index contributed by atoms with van der Waals surface area (Å²) in [6.45, 7) is 1.74. The Morgan fingerprint density at radius 2 is 1.82 bits per heavy atom. The largest absolute Gasteiger partial charge is 1.00 e. The molecule has 0 saturated carbocycles. The molecule has 0 aliphatic heterocycles. The SMILES string of the molecule is CC(CCl)(CCl)CS(=O)[O-].[Na+]. The molecule has 6 heteroatoms. The van der Waals surface area contributed by atoms with Crippen molar-refractivity contribution >= 4 is 34.3 Å². The van der Waals surface area contributed by atoms with Gasteiger partial charge < -0.3 is 4.55 Å². The van der Waals surface area contributed by atoms with E-state index in [9.17, 15) is 8.76 Å². The van der Waals surface area contributed by atoms with Crippen LogP contribution in [0.2, 0.25) is 0 Å². The molecular formula is C5H9Cl2NaO2S. The topological polar surface area (TPSA) is 40.1 Å². The van der Waals surface area contributed by atoms with Gasteiger partial charge in [-0.25, -0.2) is 0 Å². The smallest absolute Gasteiger partial charge is 0.772 e. The molecule has 0 aromatic rings. The van der Waals surface area contributed by atoms with Gasteiger partial charge in [0.15, 0.2) is 0 Å². The van der Waals surface area contributed by atoms with Gasteiger partial charge in [0, 0.05) is 22.9 Å². The van der Waals surface area contributed by atoms with Gasteiger partial charge in [-0.2, -0.15) is 0 Å². The number of rotatable bonds is 4.